The average Bonchev–Trinajstić information content (AvgIpc) is 2.94. The van der Waals surface area contributed by atoms with Crippen LogP contribution in [0.15, 0.2) is 71.6 Å². The lowest BCUT2D eigenvalue weighted by atomic mass is 9.85. The van der Waals surface area contributed by atoms with Crippen molar-refractivity contribution in [3.63, 3.8) is 0 Å². The summed E-state index contributed by atoms with van der Waals surface area (Å²) in [6, 6.07) is 17.7. The van der Waals surface area contributed by atoms with Crippen molar-refractivity contribution in [2.45, 2.75) is 49.6 Å². The van der Waals surface area contributed by atoms with E-state index in [0.29, 0.717) is 0 Å². The Bertz CT molecular complexity index is 1570. The van der Waals surface area contributed by atoms with Gasteiger partial charge in [-0.25, -0.2) is 13.2 Å². The monoisotopic (exact) mass is 561 g/mol. The van der Waals surface area contributed by atoms with Gasteiger partial charge in [-0.3, -0.25) is 9.59 Å². The van der Waals surface area contributed by atoms with E-state index >= 15 is 0 Å². The molecule has 1 aliphatic carbocycles. The van der Waals surface area contributed by atoms with Crippen LogP contribution >= 0.6 is 0 Å². The van der Waals surface area contributed by atoms with E-state index in [1.165, 1.54) is 12.1 Å². The fraction of sp³-hybridized carbons (Fsp3) is 0.300. The fourth-order valence-corrected chi connectivity index (χ4v) is 7.01. The van der Waals surface area contributed by atoms with Crippen LogP contribution in [0, 0.1) is 6.92 Å². The van der Waals surface area contributed by atoms with Crippen molar-refractivity contribution in [2.75, 3.05) is 13.1 Å². The maximum atomic E-state index is 13.4. The number of carboxylic acid groups (broad SMARTS) is 1. The van der Waals surface area contributed by atoms with Crippen molar-refractivity contribution in [2.24, 2.45) is 0 Å². The number of carbonyl (C=O) groups is 3. The second-order valence-corrected chi connectivity index (χ2v) is 12.1. The molecule has 1 unspecified atom stereocenters. The van der Waals surface area contributed by atoms with Crippen LogP contribution in [0.3, 0.4) is 0 Å². The number of carbonyl (C=O) groups excluding carboxylic acids is 2. The number of aryl methyl sites for hydroxylation is 2. The zero-order chi connectivity index (χ0) is 28.4. The molecular weight excluding hydrogens is 530 g/mol. The van der Waals surface area contributed by atoms with Crippen LogP contribution in [0.4, 0.5) is 0 Å². The number of rotatable bonds is 7. The SMILES string of the molecule is Cc1ccc(S(=O)(=O)N2CCNC(=O)C2CC(=O)N[C@@H]2CCCc3cc(-c4cccc(C(=O)O)c4)ccc32)cc1. The van der Waals surface area contributed by atoms with Gasteiger partial charge in [-0.05, 0) is 72.7 Å². The fourth-order valence-electron chi connectivity index (χ4n) is 5.43. The molecule has 1 fully saturated rings. The van der Waals surface area contributed by atoms with E-state index in [4.69, 9.17) is 0 Å². The molecule has 2 atom stereocenters. The summed E-state index contributed by atoms with van der Waals surface area (Å²) < 4.78 is 27.9. The maximum Gasteiger partial charge on any atom is 0.335 e. The van der Waals surface area contributed by atoms with Crippen LogP contribution in [0.25, 0.3) is 11.1 Å². The predicted octanol–water partition coefficient (Wildman–Crippen LogP) is 3.43. The van der Waals surface area contributed by atoms with Gasteiger partial charge in [-0.15, -0.1) is 0 Å². The molecule has 9 nitrogen and oxygen atoms in total. The summed E-state index contributed by atoms with van der Waals surface area (Å²) in [5.41, 5.74) is 4.85. The van der Waals surface area contributed by atoms with Gasteiger partial charge in [-0.2, -0.15) is 4.31 Å². The minimum absolute atomic E-state index is 0.0814. The summed E-state index contributed by atoms with van der Waals surface area (Å²) in [5, 5.41) is 15.0. The number of nitrogens with one attached hydrogen (secondary N) is 2. The summed E-state index contributed by atoms with van der Waals surface area (Å²) in [7, 11) is -3.97. The number of carboxylic acids is 1. The summed E-state index contributed by atoms with van der Waals surface area (Å²) in [6.45, 7) is 2.12. The van der Waals surface area contributed by atoms with Gasteiger partial charge in [0, 0.05) is 13.1 Å². The third-order valence-electron chi connectivity index (χ3n) is 7.52. The number of amides is 2. The predicted molar refractivity (Wildman–Crippen MR) is 149 cm³/mol. The minimum atomic E-state index is -3.97. The molecule has 10 heteroatoms. The van der Waals surface area contributed by atoms with Gasteiger partial charge in [0.25, 0.3) is 0 Å². The number of benzene rings is 3. The molecule has 1 heterocycles. The number of nitrogens with zero attached hydrogens (tertiary/aromatic N) is 1. The Hall–Kier alpha value is -4.02. The molecule has 1 saturated heterocycles. The van der Waals surface area contributed by atoms with Crippen LogP contribution in [0.2, 0.25) is 0 Å². The third-order valence-corrected chi connectivity index (χ3v) is 9.45. The molecule has 5 rings (SSSR count). The largest absolute Gasteiger partial charge is 0.478 e. The maximum absolute atomic E-state index is 13.4. The van der Waals surface area contributed by atoms with Crippen molar-refractivity contribution in [3.05, 3.63) is 89.0 Å². The summed E-state index contributed by atoms with van der Waals surface area (Å²) in [4.78, 5) is 37.4. The highest BCUT2D eigenvalue weighted by atomic mass is 32.2. The highest BCUT2D eigenvalue weighted by Gasteiger charge is 2.40. The van der Waals surface area contributed by atoms with Gasteiger partial charge in [0.2, 0.25) is 21.8 Å². The van der Waals surface area contributed by atoms with E-state index in [2.05, 4.69) is 10.6 Å². The molecule has 0 bridgehead atoms. The van der Waals surface area contributed by atoms with Gasteiger partial charge in [0.15, 0.2) is 0 Å². The van der Waals surface area contributed by atoms with E-state index in [1.54, 1.807) is 30.3 Å². The lowest BCUT2D eigenvalue weighted by molar-refractivity contribution is -0.132. The first-order chi connectivity index (χ1) is 19.1. The molecule has 3 N–H and O–H groups in total. The molecule has 3 aromatic carbocycles. The van der Waals surface area contributed by atoms with E-state index in [0.717, 1.165) is 51.4 Å². The molecular formula is C30H31N3O6S. The van der Waals surface area contributed by atoms with E-state index in [1.807, 2.05) is 31.2 Å². The highest BCUT2D eigenvalue weighted by molar-refractivity contribution is 7.89. The second kappa shape index (κ2) is 11.2. The van der Waals surface area contributed by atoms with Crippen LogP contribution in [-0.4, -0.2) is 54.7 Å². The Balaban J connectivity index is 1.33. The van der Waals surface area contributed by atoms with Crippen LogP contribution in [0.5, 0.6) is 0 Å². The van der Waals surface area contributed by atoms with Gasteiger partial charge >= 0.3 is 5.97 Å². The number of sulfonamides is 1. The first-order valence-corrected chi connectivity index (χ1v) is 14.7. The van der Waals surface area contributed by atoms with Gasteiger partial charge in [0.05, 0.1) is 22.9 Å². The smallest absolute Gasteiger partial charge is 0.335 e. The molecule has 1 aliphatic heterocycles. The van der Waals surface area contributed by atoms with Gasteiger partial charge in [0.1, 0.15) is 6.04 Å². The van der Waals surface area contributed by atoms with Gasteiger partial charge in [-0.1, -0.05) is 48.0 Å². The minimum Gasteiger partial charge on any atom is -0.478 e. The molecule has 0 spiro atoms. The Labute approximate surface area is 233 Å². The van der Waals surface area contributed by atoms with Crippen molar-refractivity contribution in [1.82, 2.24) is 14.9 Å². The lowest BCUT2D eigenvalue weighted by Crippen LogP contribution is -2.58. The molecule has 208 valence electrons. The molecule has 0 saturated carbocycles. The number of fused-ring (bicyclic) bond motifs is 1. The quantitative estimate of drug-likeness (QED) is 0.405. The standard InChI is InChI=1S/C30H31N3O6S/c1-19-8-11-24(12-9-19)40(38,39)33-15-14-31-29(35)27(33)18-28(34)32-26-7-3-5-22-16-21(10-13-25(22)26)20-4-2-6-23(17-20)30(36)37/h2,4,6,8-13,16-17,26-27H,3,5,7,14-15,18H2,1H3,(H,31,35)(H,32,34)(H,36,37)/t26-,27?/m1/s1. The summed E-state index contributed by atoms with van der Waals surface area (Å²) >= 11 is 0. The van der Waals surface area contributed by atoms with Crippen LogP contribution < -0.4 is 10.6 Å². The second-order valence-electron chi connectivity index (χ2n) is 10.3. The van der Waals surface area contributed by atoms with E-state index < -0.39 is 33.8 Å². The zero-order valence-corrected chi connectivity index (χ0v) is 22.9. The molecule has 2 aliphatic rings. The lowest BCUT2D eigenvalue weighted by Gasteiger charge is -2.34. The molecule has 40 heavy (non-hydrogen) atoms. The van der Waals surface area contributed by atoms with Crippen LogP contribution in [0.1, 0.15) is 52.4 Å². The summed E-state index contributed by atoms with van der Waals surface area (Å²) in [5.74, 6) is -1.88. The third kappa shape index (κ3) is 5.64. The molecule has 0 aromatic heterocycles. The number of hydrogen-bond donors (Lipinski definition) is 3. The summed E-state index contributed by atoms with van der Waals surface area (Å²) in [6.07, 6.45) is 2.09. The van der Waals surface area contributed by atoms with Crippen molar-refractivity contribution in [1.29, 1.82) is 0 Å². The van der Waals surface area contributed by atoms with Crippen molar-refractivity contribution in [3.8, 4) is 11.1 Å². The topological polar surface area (TPSA) is 133 Å². The Morgan fingerprint density at radius 1 is 1.05 bits per heavy atom. The van der Waals surface area contributed by atoms with Crippen molar-refractivity contribution >= 4 is 27.8 Å². The molecule has 0 radical (unpaired) electrons. The van der Waals surface area contributed by atoms with Crippen molar-refractivity contribution < 1.29 is 27.9 Å². The van der Waals surface area contributed by atoms with Crippen LogP contribution in [-0.2, 0) is 26.0 Å². The zero-order valence-electron chi connectivity index (χ0n) is 22.1. The Morgan fingerprint density at radius 3 is 2.55 bits per heavy atom. The Morgan fingerprint density at radius 2 is 1.80 bits per heavy atom. The first kappa shape index (κ1) is 27.5. The Kier molecular flexibility index (Phi) is 7.73. The molecule has 3 aromatic rings. The highest BCUT2D eigenvalue weighted by Crippen LogP contribution is 2.33. The normalized spacial score (nSPS) is 19.4. The van der Waals surface area contributed by atoms with E-state index in [-0.39, 0.29) is 36.0 Å². The number of hydrogen-bond acceptors (Lipinski definition) is 5. The number of aromatic carboxylic acids is 1. The average molecular weight is 562 g/mol. The first-order valence-electron chi connectivity index (χ1n) is 13.3. The van der Waals surface area contributed by atoms with Gasteiger partial charge < -0.3 is 15.7 Å². The van der Waals surface area contributed by atoms with E-state index in [9.17, 15) is 27.9 Å². The number of piperazine rings is 1. The molecule has 2 amide bonds.